The average molecular weight is 252 g/mol. The Kier molecular flexibility index (Phi) is 6.16. The number of rotatable bonds is 7. The second kappa shape index (κ2) is 7.39. The lowest BCUT2D eigenvalue weighted by Crippen LogP contribution is -2.10. The molecule has 2 atom stereocenters. The molecule has 0 saturated heterocycles. The summed E-state index contributed by atoms with van der Waals surface area (Å²) in [6.45, 7) is 6.72. The van der Waals surface area contributed by atoms with Crippen molar-refractivity contribution < 1.29 is 14.6 Å². The normalized spacial score (nSPS) is 14.6. The van der Waals surface area contributed by atoms with E-state index in [4.69, 9.17) is 9.47 Å². The van der Waals surface area contributed by atoms with Crippen molar-refractivity contribution in [2.24, 2.45) is 5.92 Å². The van der Waals surface area contributed by atoms with Gasteiger partial charge in [0, 0.05) is 13.7 Å². The molecule has 0 aliphatic heterocycles. The minimum Gasteiger partial charge on any atom is -0.491 e. The monoisotopic (exact) mass is 252 g/mol. The van der Waals surface area contributed by atoms with E-state index in [9.17, 15) is 5.11 Å². The van der Waals surface area contributed by atoms with E-state index in [1.807, 2.05) is 38.1 Å². The predicted octanol–water partition coefficient (Wildman–Crippen LogP) is 3.18. The molecule has 1 aromatic rings. The first-order chi connectivity index (χ1) is 8.52. The van der Waals surface area contributed by atoms with Crippen LogP contribution in [-0.2, 0) is 4.74 Å². The molecule has 0 fully saturated rings. The summed E-state index contributed by atoms with van der Waals surface area (Å²) in [7, 11) is 1.68. The summed E-state index contributed by atoms with van der Waals surface area (Å²) < 4.78 is 10.7. The third-order valence-corrected chi connectivity index (χ3v) is 2.69. The molecule has 0 aliphatic carbocycles. The van der Waals surface area contributed by atoms with Gasteiger partial charge in [-0.1, -0.05) is 19.1 Å². The third-order valence-electron chi connectivity index (χ3n) is 2.69. The summed E-state index contributed by atoms with van der Waals surface area (Å²) in [5.74, 6) is 1.14. The molecule has 18 heavy (non-hydrogen) atoms. The third kappa shape index (κ3) is 5.07. The summed E-state index contributed by atoms with van der Waals surface area (Å²) in [6.07, 6.45) is 0.370. The van der Waals surface area contributed by atoms with Crippen LogP contribution in [0.2, 0.25) is 0 Å². The molecule has 0 spiro atoms. The van der Waals surface area contributed by atoms with Gasteiger partial charge in [0.1, 0.15) is 5.75 Å². The summed E-state index contributed by atoms with van der Waals surface area (Å²) in [6, 6.07) is 7.66. The maximum atomic E-state index is 10.2. The van der Waals surface area contributed by atoms with Crippen LogP contribution in [-0.4, -0.2) is 24.9 Å². The SMILES string of the molecule is COCC(C)CC(O)c1cccc(OC(C)C)c1. The maximum Gasteiger partial charge on any atom is 0.120 e. The zero-order valence-corrected chi connectivity index (χ0v) is 11.7. The van der Waals surface area contributed by atoms with Crippen LogP contribution in [0.25, 0.3) is 0 Å². The number of hydrogen-bond donors (Lipinski definition) is 1. The molecule has 1 aromatic carbocycles. The lowest BCUT2D eigenvalue weighted by atomic mass is 9.99. The van der Waals surface area contributed by atoms with Gasteiger partial charge in [-0.05, 0) is 43.9 Å². The zero-order valence-electron chi connectivity index (χ0n) is 11.7. The summed E-state index contributed by atoms with van der Waals surface area (Å²) in [5, 5.41) is 10.2. The molecule has 0 amide bonds. The molecule has 3 nitrogen and oxygen atoms in total. The zero-order chi connectivity index (χ0) is 13.5. The molecular formula is C15H24O3. The Hall–Kier alpha value is -1.06. The van der Waals surface area contributed by atoms with Gasteiger partial charge < -0.3 is 14.6 Å². The Morgan fingerprint density at radius 1 is 1.22 bits per heavy atom. The first kappa shape index (κ1) is 15.0. The van der Waals surface area contributed by atoms with Crippen LogP contribution in [0.3, 0.4) is 0 Å². The summed E-state index contributed by atoms with van der Waals surface area (Å²) >= 11 is 0. The molecule has 0 radical (unpaired) electrons. The Morgan fingerprint density at radius 3 is 2.56 bits per heavy atom. The van der Waals surface area contributed by atoms with Crippen LogP contribution in [0, 0.1) is 5.92 Å². The highest BCUT2D eigenvalue weighted by molar-refractivity contribution is 5.30. The van der Waals surface area contributed by atoms with Crippen molar-refractivity contribution in [1.82, 2.24) is 0 Å². The van der Waals surface area contributed by atoms with Crippen molar-refractivity contribution in [2.45, 2.75) is 39.4 Å². The van der Waals surface area contributed by atoms with Gasteiger partial charge in [-0.15, -0.1) is 0 Å². The molecule has 0 bridgehead atoms. The van der Waals surface area contributed by atoms with E-state index in [1.54, 1.807) is 7.11 Å². The van der Waals surface area contributed by atoms with Crippen LogP contribution in [0.5, 0.6) is 5.75 Å². The van der Waals surface area contributed by atoms with Crippen molar-refractivity contribution in [3.63, 3.8) is 0 Å². The van der Waals surface area contributed by atoms with Gasteiger partial charge >= 0.3 is 0 Å². The van der Waals surface area contributed by atoms with E-state index in [0.29, 0.717) is 18.9 Å². The van der Waals surface area contributed by atoms with Gasteiger partial charge in [0.2, 0.25) is 0 Å². The van der Waals surface area contributed by atoms with E-state index in [-0.39, 0.29) is 6.10 Å². The van der Waals surface area contributed by atoms with E-state index in [0.717, 1.165) is 11.3 Å². The second-order valence-corrected chi connectivity index (χ2v) is 5.05. The summed E-state index contributed by atoms with van der Waals surface area (Å²) in [4.78, 5) is 0. The van der Waals surface area contributed by atoms with Gasteiger partial charge in [-0.2, -0.15) is 0 Å². The van der Waals surface area contributed by atoms with E-state index in [2.05, 4.69) is 6.92 Å². The van der Waals surface area contributed by atoms with Gasteiger partial charge in [0.15, 0.2) is 0 Å². The topological polar surface area (TPSA) is 38.7 Å². The van der Waals surface area contributed by atoms with Gasteiger partial charge in [0.25, 0.3) is 0 Å². The molecule has 0 aromatic heterocycles. The molecule has 0 aliphatic rings. The minimum absolute atomic E-state index is 0.143. The van der Waals surface area contributed by atoms with Crippen LogP contribution in [0.1, 0.15) is 38.9 Å². The number of methoxy groups -OCH3 is 1. The number of ether oxygens (including phenoxy) is 2. The average Bonchev–Trinajstić information content (AvgIpc) is 2.28. The molecule has 102 valence electrons. The Labute approximate surface area is 110 Å². The fourth-order valence-corrected chi connectivity index (χ4v) is 1.94. The Morgan fingerprint density at radius 2 is 1.94 bits per heavy atom. The van der Waals surface area contributed by atoms with Crippen LogP contribution < -0.4 is 4.74 Å². The van der Waals surface area contributed by atoms with Crippen molar-refractivity contribution >= 4 is 0 Å². The van der Waals surface area contributed by atoms with E-state index in [1.165, 1.54) is 0 Å². The molecule has 3 heteroatoms. The van der Waals surface area contributed by atoms with Gasteiger partial charge in [-0.25, -0.2) is 0 Å². The quantitative estimate of drug-likeness (QED) is 0.810. The van der Waals surface area contributed by atoms with Crippen molar-refractivity contribution in [3.8, 4) is 5.75 Å². The largest absolute Gasteiger partial charge is 0.491 e. The van der Waals surface area contributed by atoms with E-state index < -0.39 is 6.10 Å². The highest BCUT2D eigenvalue weighted by atomic mass is 16.5. The fraction of sp³-hybridized carbons (Fsp3) is 0.600. The first-order valence-electron chi connectivity index (χ1n) is 6.46. The lowest BCUT2D eigenvalue weighted by molar-refractivity contribution is 0.101. The van der Waals surface area contributed by atoms with Gasteiger partial charge in [-0.3, -0.25) is 0 Å². The summed E-state index contributed by atoms with van der Waals surface area (Å²) in [5.41, 5.74) is 0.899. The second-order valence-electron chi connectivity index (χ2n) is 5.05. The standard InChI is InChI=1S/C15H24O3/c1-11(2)18-14-7-5-6-13(9-14)15(16)8-12(3)10-17-4/h5-7,9,11-12,15-16H,8,10H2,1-4H3. The smallest absolute Gasteiger partial charge is 0.120 e. The Bertz CT molecular complexity index is 349. The first-order valence-corrected chi connectivity index (χ1v) is 6.46. The predicted molar refractivity (Wildman–Crippen MR) is 72.8 cm³/mol. The minimum atomic E-state index is -0.467. The van der Waals surface area contributed by atoms with Gasteiger partial charge in [0.05, 0.1) is 12.2 Å². The van der Waals surface area contributed by atoms with Crippen molar-refractivity contribution in [2.75, 3.05) is 13.7 Å². The molecular weight excluding hydrogens is 228 g/mol. The Balaban J connectivity index is 2.64. The van der Waals surface area contributed by atoms with Crippen molar-refractivity contribution in [3.05, 3.63) is 29.8 Å². The number of benzene rings is 1. The molecule has 1 rings (SSSR count). The fourth-order valence-electron chi connectivity index (χ4n) is 1.94. The van der Waals surface area contributed by atoms with Crippen molar-refractivity contribution in [1.29, 1.82) is 0 Å². The van der Waals surface area contributed by atoms with E-state index >= 15 is 0 Å². The highest BCUT2D eigenvalue weighted by Crippen LogP contribution is 2.25. The highest BCUT2D eigenvalue weighted by Gasteiger charge is 2.13. The number of aliphatic hydroxyl groups is 1. The number of aliphatic hydroxyl groups excluding tert-OH is 1. The van der Waals surface area contributed by atoms with Crippen LogP contribution in [0.15, 0.2) is 24.3 Å². The molecule has 1 N–H and O–H groups in total. The maximum absolute atomic E-state index is 10.2. The molecule has 0 saturated carbocycles. The van der Waals surface area contributed by atoms with Crippen LogP contribution in [0.4, 0.5) is 0 Å². The molecule has 2 unspecified atom stereocenters. The van der Waals surface area contributed by atoms with Crippen LogP contribution >= 0.6 is 0 Å². The lowest BCUT2D eigenvalue weighted by Gasteiger charge is -2.17. The number of hydrogen-bond acceptors (Lipinski definition) is 3. The molecule has 0 heterocycles.